The molecule has 5 nitrogen and oxygen atoms in total. The smallest absolute Gasteiger partial charge is 0.251 e. The molecular weight excluding hydrogens is 362 g/mol. The van der Waals surface area contributed by atoms with Crippen LogP contribution in [0.5, 0.6) is 0 Å². The van der Waals surface area contributed by atoms with Crippen LogP contribution in [0.25, 0.3) is 0 Å². The Labute approximate surface area is 170 Å². The second kappa shape index (κ2) is 8.03. The van der Waals surface area contributed by atoms with E-state index in [2.05, 4.69) is 58.5 Å². The van der Waals surface area contributed by atoms with Crippen molar-refractivity contribution in [2.24, 2.45) is 0 Å². The van der Waals surface area contributed by atoms with Gasteiger partial charge in [-0.05, 0) is 24.5 Å². The second-order valence-electron chi connectivity index (χ2n) is 7.70. The average Bonchev–Trinajstić information content (AvgIpc) is 2.74. The van der Waals surface area contributed by atoms with Crippen molar-refractivity contribution < 1.29 is 4.79 Å². The lowest BCUT2D eigenvalue weighted by Gasteiger charge is -2.43. The fourth-order valence-corrected chi connectivity index (χ4v) is 4.35. The zero-order valence-corrected chi connectivity index (χ0v) is 16.6. The summed E-state index contributed by atoms with van der Waals surface area (Å²) in [6.07, 6.45) is 1.86. The van der Waals surface area contributed by atoms with Crippen LogP contribution in [0.1, 0.15) is 35.5 Å². The molecule has 0 unspecified atom stereocenters. The van der Waals surface area contributed by atoms with Gasteiger partial charge in [0.25, 0.3) is 5.56 Å². The molecule has 1 aromatic heterocycles. The van der Waals surface area contributed by atoms with Gasteiger partial charge in [0.2, 0.25) is 5.91 Å². The Bertz CT molecular complexity index is 1000. The Morgan fingerprint density at radius 2 is 1.62 bits per heavy atom. The second-order valence-corrected chi connectivity index (χ2v) is 7.70. The summed E-state index contributed by atoms with van der Waals surface area (Å²) in [6, 6.07) is 22.4. The molecule has 1 aliphatic rings. The molecule has 0 spiro atoms. The van der Waals surface area contributed by atoms with Gasteiger partial charge in [-0.25, -0.2) is 4.98 Å². The Morgan fingerprint density at radius 1 is 1.00 bits per heavy atom. The highest BCUT2D eigenvalue weighted by molar-refractivity contribution is 5.78. The summed E-state index contributed by atoms with van der Waals surface area (Å²) >= 11 is 0. The van der Waals surface area contributed by atoms with Gasteiger partial charge >= 0.3 is 0 Å². The van der Waals surface area contributed by atoms with Gasteiger partial charge in [-0.2, -0.15) is 0 Å². The number of carbonyl (C=O) groups is 1. The van der Waals surface area contributed by atoms with Gasteiger partial charge in [-0.3, -0.25) is 9.59 Å². The predicted molar refractivity (Wildman–Crippen MR) is 113 cm³/mol. The lowest BCUT2D eigenvalue weighted by Crippen LogP contribution is -2.50. The Hall–Kier alpha value is -3.21. The van der Waals surface area contributed by atoms with E-state index >= 15 is 0 Å². The van der Waals surface area contributed by atoms with Gasteiger partial charge in [0.15, 0.2) is 0 Å². The normalized spacial score (nSPS) is 16.0. The van der Waals surface area contributed by atoms with E-state index in [1.807, 2.05) is 17.0 Å². The van der Waals surface area contributed by atoms with E-state index in [-0.39, 0.29) is 16.9 Å². The van der Waals surface area contributed by atoms with Gasteiger partial charge in [-0.1, -0.05) is 60.7 Å². The highest BCUT2D eigenvalue weighted by Crippen LogP contribution is 2.40. The van der Waals surface area contributed by atoms with Crippen molar-refractivity contribution in [2.45, 2.75) is 31.6 Å². The van der Waals surface area contributed by atoms with Crippen molar-refractivity contribution in [3.05, 3.63) is 99.7 Å². The van der Waals surface area contributed by atoms with E-state index in [0.717, 1.165) is 12.1 Å². The fourth-order valence-electron chi connectivity index (χ4n) is 4.35. The van der Waals surface area contributed by atoms with E-state index in [1.165, 1.54) is 17.2 Å². The maximum absolute atomic E-state index is 12.7. The minimum absolute atomic E-state index is 0.152. The lowest BCUT2D eigenvalue weighted by molar-refractivity contribution is -0.134. The number of rotatable bonds is 5. The first-order valence-corrected chi connectivity index (χ1v) is 10.0. The Balaban J connectivity index is 1.64. The van der Waals surface area contributed by atoms with E-state index < -0.39 is 0 Å². The molecule has 5 heteroatoms. The van der Waals surface area contributed by atoms with Crippen LogP contribution in [0.4, 0.5) is 0 Å². The third-order valence-corrected chi connectivity index (χ3v) is 5.78. The molecule has 0 aliphatic carbocycles. The van der Waals surface area contributed by atoms with Crippen LogP contribution in [0, 0.1) is 6.92 Å². The number of aryl methyl sites for hydroxylation is 1. The molecule has 1 saturated heterocycles. The summed E-state index contributed by atoms with van der Waals surface area (Å²) in [7, 11) is 0. The number of aromatic amines is 1. The number of hydrogen-bond donors (Lipinski definition) is 1. The number of piperidine rings is 1. The number of likely N-dealkylation sites (tertiary alicyclic amines) is 1. The summed E-state index contributed by atoms with van der Waals surface area (Å²) in [6.45, 7) is 2.95. The number of H-pyrrole nitrogens is 1. The van der Waals surface area contributed by atoms with Crippen LogP contribution in [0.3, 0.4) is 0 Å². The SMILES string of the molecule is Cc1nc(CCN2CC(c3ccccc3)(c3ccccc3)CCC2=O)cc(=O)[nH]1. The average molecular weight is 387 g/mol. The molecule has 1 fully saturated rings. The number of carbonyl (C=O) groups excluding carboxylic acids is 1. The summed E-state index contributed by atoms with van der Waals surface area (Å²) in [5.41, 5.74) is 2.80. The number of hydrogen-bond acceptors (Lipinski definition) is 3. The van der Waals surface area contributed by atoms with Crippen LogP contribution >= 0.6 is 0 Å². The number of benzene rings is 2. The lowest BCUT2D eigenvalue weighted by atomic mass is 9.69. The van der Waals surface area contributed by atoms with E-state index in [9.17, 15) is 9.59 Å². The van der Waals surface area contributed by atoms with Crippen molar-refractivity contribution in [2.75, 3.05) is 13.1 Å². The molecule has 2 aromatic carbocycles. The van der Waals surface area contributed by atoms with E-state index in [0.29, 0.717) is 31.8 Å². The van der Waals surface area contributed by atoms with Crippen molar-refractivity contribution in [3.63, 3.8) is 0 Å². The third-order valence-electron chi connectivity index (χ3n) is 5.78. The minimum atomic E-state index is -0.228. The first-order valence-electron chi connectivity index (χ1n) is 10.0. The highest BCUT2D eigenvalue weighted by Gasteiger charge is 2.41. The summed E-state index contributed by atoms with van der Waals surface area (Å²) in [5, 5.41) is 0. The molecule has 0 bridgehead atoms. The first-order chi connectivity index (χ1) is 14.1. The summed E-state index contributed by atoms with van der Waals surface area (Å²) in [5.74, 6) is 0.759. The van der Waals surface area contributed by atoms with Crippen molar-refractivity contribution in [1.82, 2.24) is 14.9 Å². The van der Waals surface area contributed by atoms with Crippen LogP contribution < -0.4 is 5.56 Å². The number of nitrogens with one attached hydrogen (secondary N) is 1. The first kappa shape index (κ1) is 19.1. The van der Waals surface area contributed by atoms with E-state index in [4.69, 9.17) is 0 Å². The maximum Gasteiger partial charge on any atom is 0.251 e. The van der Waals surface area contributed by atoms with Gasteiger partial charge in [-0.15, -0.1) is 0 Å². The fraction of sp³-hybridized carbons (Fsp3) is 0.292. The molecule has 2 heterocycles. The van der Waals surface area contributed by atoms with Gasteiger partial charge in [0, 0.05) is 43.1 Å². The molecule has 3 aromatic rings. The molecule has 148 valence electrons. The summed E-state index contributed by atoms with van der Waals surface area (Å²) in [4.78, 5) is 33.5. The van der Waals surface area contributed by atoms with Gasteiger partial charge in [0.1, 0.15) is 5.82 Å². The predicted octanol–water partition coefficient (Wildman–Crippen LogP) is 3.23. The van der Waals surface area contributed by atoms with Crippen LogP contribution in [-0.4, -0.2) is 33.9 Å². The van der Waals surface area contributed by atoms with Crippen LogP contribution in [0.2, 0.25) is 0 Å². The standard InChI is InChI=1S/C24H25N3O2/c1-18-25-21(16-22(28)26-18)13-15-27-17-24(14-12-23(27)29,19-8-4-2-5-9-19)20-10-6-3-7-11-20/h2-11,16H,12-15,17H2,1H3,(H,25,26,28). The molecule has 1 aliphatic heterocycles. The molecule has 1 N–H and O–H groups in total. The highest BCUT2D eigenvalue weighted by atomic mass is 16.2. The molecule has 1 amide bonds. The van der Waals surface area contributed by atoms with Crippen molar-refractivity contribution in [1.29, 1.82) is 0 Å². The monoisotopic (exact) mass is 387 g/mol. The molecule has 0 atom stereocenters. The zero-order valence-electron chi connectivity index (χ0n) is 16.6. The number of aromatic nitrogens is 2. The molecule has 29 heavy (non-hydrogen) atoms. The van der Waals surface area contributed by atoms with Crippen molar-refractivity contribution in [3.8, 4) is 0 Å². The molecule has 0 saturated carbocycles. The Kier molecular flexibility index (Phi) is 5.30. The minimum Gasteiger partial charge on any atom is -0.341 e. The molecule has 0 radical (unpaired) electrons. The van der Waals surface area contributed by atoms with E-state index in [1.54, 1.807) is 6.92 Å². The van der Waals surface area contributed by atoms with Crippen molar-refractivity contribution >= 4 is 5.91 Å². The maximum atomic E-state index is 12.7. The third kappa shape index (κ3) is 3.99. The molecule has 4 rings (SSSR count). The number of nitrogens with zero attached hydrogens (tertiary/aromatic N) is 2. The topological polar surface area (TPSA) is 66.1 Å². The Morgan fingerprint density at radius 3 is 2.21 bits per heavy atom. The molecular formula is C24H25N3O2. The van der Waals surface area contributed by atoms with Crippen LogP contribution in [0.15, 0.2) is 71.5 Å². The van der Waals surface area contributed by atoms with Gasteiger partial charge < -0.3 is 9.88 Å². The quantitative estimate of drug-likeness (QED) is 0.731. The van der Waals surface area contributed by atoms with Gasteiger partial charge in [0.05, 0.1) is 0 Å². The summed E-state index contributed by atoms with van der Waals surface area (Å²) < 4.78 is 0. The van der Waals surface area contributed by atoms with Crippen LogP contribution in [-0.2, 0) is 16.6 Å². The zero-order chi connectivity index (χ0) is 20.3. The largest absolute Gasteiger partial charge is 0.341 e. The number of amides is 1.